The molecule has 5 rings (SSSR count). The van der Waals surface area contributed by atoms with Gasteiger partial charge in [-0.25, -0.2) is 9.97 Å². The van der Waals surface area contributed by atoms with Crippen molar-refractivity contribution >= 4 is 17.4 Å². The third-order valence-electron chi connectivity index (χ3n) is 5.05. The first-order valence-corrected chi connectivity index (χ1v) is 9.43. The molecule has 0 saturated heterocycles. The number of rotatable bonds is 2. The molecule has 0 bridgehead atoms. The van der Waals surface area contributed by atoms with Crippen molar-refractivity contribution in [2.75, 3.05) is 18.1 Å². The first-order valence-electron chi connectivity index (χ1n) is 9.43. The summed E-state index contributed by atoms with van der Waals surface area (Å²) in [6.45, 7) is 4.56. The summed E-state index contributed by atoms with van der Waals surface area (Å²) >= 11 is 0. The maximum Gasteiger partial charge on any atom is 0.234 e. The van der Waals surface area contributed by atoms with Gasteiger partial charge in [0.15, 0.2) is 0 Å². The molecule has 0 saturated carbocycles. The smallest absolute Gasteiger partial charge is 0.234 e. The molecule has 0 fully saturated rings. The molecule has 1 aliphatic rings. The highest BCUT2D eigenvalue weighted by Crippen LogP contribution is 2.39. The van der Waals surface area contributed by atoms with Crippen LogP contribution >= 0.6 is 0 Å². The molecule has 1 aliphatic heterocycles. The van der Waals surface area contributed by atoms with E-state index in [1.165, 1.54) is 0 Å². The number of aryl methyl sites for hydroxylation is 1. The first-order chi connectivity index (χ1) is 14.1. The topological polar surface area (TPSA) is 72.6 Å². The van der Waals surface area contributed by atoms with Crippen molar-refractivity contribution in [2.45, 2.75) is 13.8 Å². The van der Waals surface area contributed by atoms with Crippen molar-refractivity contribution in [3.05, 3.63) is 60.7 Å². The van der Waals surface area contributed by atoms with Crippen LogP contribution < -0.4 is 9.64 Å². The Hall–Kier alpha value is -3.74. The van der Waals surface area contributed by atoms with Crippen LogP contribution in [0.15, 0.2) is 55.0 Å². The van der Waals surface area contributed by atoms with E-state index in [-0.39, 0.29) is 5.91 Å². The van der Waals surface area contributed by atoms with Crippen LogP contribution in [0.5, 0.6) is 5.75 Å². The molecule has 0 spiro atoms. The third-order valence-corrected chi connectivity index (χ3v) is 5.05. The lowest BCUT2D eigenvalue weighted by atomic mass is 10.0. The molecule has 29 heavy (non-hydrogen) atoms. The zero-order chi connectivity index (χ0) is 20.0. The maximum absolute atomic E-state index is 12.1. The molecule has 144 valence electrons. The van der Waals surface area contributed by atoms with Gasteiger partial charge in [0.25, 0.3) is 0 Å². The van der Waals surface area contributed by atoms with Gasteiger partial charge in [0.05, 0.1) is 23.6 Å². The quantitative estimate of drug-likeness (QED) is 0.528. The fourth-order valence-electron chi connectivity index (χ4n) is 3.75. The molecule has 7 heteroatoms. The monoisotopic (exact) mass is 385 g/mol. The Kier molecular flexibility index (Phi) is 4.01. The Balaban J connectivity index is 1.76. The van der Waals surface area contributed by atoms with Gasteiger partial charge < -0.3 is 9.64 Å². The van der Waals surface area contributed by atoms with Gasteiger partial charge >= 0.3 is 0 Å². The van der Waals surface area contributed by atoms with E-state index >= 15 is 0 Å². The zero-order valence-corrected chi connectivity index (χ0v) is 16.2. The number of aromatic nitrogens is 4. The molecular weight excluding hydrogens is 366 g/mol. The van der Waals surface area contributed by atoms with Crippen LogP contribution in [-0.4, -0.2) is 38.4 Å². The number of carbonyl (C=O) groups is 1. The lowest BCUT2D eigenvalue weighted by molar-refractivity contribution is -0.116. The molecule has 1 aromatic carbocycles. The second kappa shape index (κ2) is 6.70. The van der Waals surface area contributed by atoms with Crippen molar-refractivity contribution in [1.82, 2.24) is 19.4 Å². The van der Waals surface area contributed by atoms with Crippen molar-refractivity contribution in [2.24, 2.45) is 0 Å². The Morgan fingerprint density at radius 2 is 2.00 bits per heavy atom. The molecule has 0 unspecified atom stereocenters. The number of benzene rings is 1. The van der Waals surface area contributed by atoms with E-state index in [4.69, 9.17) is 9.72 Å². The minimum absolute atomic E-state index is 0.00325. The molecular formula is C22H19N5O2. The third kappa shape index (κ3) is 2.91. The molecule has 0 radical (unpaired) electrons. The lowest BCUT2D eigenvalue weighted by Crippen LogP contribution is -2.36. The normalized spacial score (nSPS) is 13.2. The maximum atomic E-state index is 12.1. The highest BCUT2D eigenvalue weighted by Gasteiger charge is 2.24. The van der Waals surface area contributed by atoms with Crippen LogP contribution in [0.4, 0.5) is 5.69 Å². The van der Waals surface area contributed by atoms with E-state index in [0.717, 1.165) is 33.9 Å². The Morgan fingerprint density at radius 3 is 2.83 bits per heavy atom. The van der Waals surface area contributed by atoms with Crippen LogP contribution in [0.1, 0.15) is 12.6 Å². The van der Waals surface area contributed by atoms with Gasteiger partial charge in [-0.15, -0.1) is 0 Å². The number of fused-ring (bicyclic) bond motifs is 2. The summed E-state index contributed by atoms with van der Waals surface area (Å²) in [7, 11) is 0. The fourth-order valence-corrected chi connectivity index (χ4v) is 3.75. The molecule has 0 aliphatic carbocycles. The molecule has 4 heterocycles. The van der Waals surface area contributed by atoms with Crippen LogP contribution in [-0.2, 0) is 4.79 Å². The SMILES string of the molecule is CC(=O)N1CCOc2ccc(-c3c(-c4ccnc(C)c4)nc4ncccn34)cc21. The average Bonchev–Trinajstić information content (AvgIpc) is 3.12. The van der Waals surface area contributed by atoms with Crippen molar-refractivity contribution in [3.63, 3.8) is 0 Å². The molecule has 3 aromatic heterocycles. The van der Waals surface area contributed by atoms with Crippen molar-refractivity contribution in [3.8, 4) is 28.3 Å². The summed E-state index contributed by atoms with van der Waals surface area (Å²) in [5.41, 5.74) is 5.33. The highest BCUT2D eigenvalue weighted by atomic mass is 16.5. The largest absolute Gasteiger partial charge is 0.490 e. The van der Waals surface area contributed by atoms with E-state index in [9.17, 15) is 4.79 Å². The van der Waals surface area contributed by atoms with Crippen LogP contribution in [0.2, 0.25) is 0 Å². The Labute approximate surface area is 167 Å². The van der Waals surface area contributed by atoms with Gasteiger partial charge in [-0.2, -0.15) is 0 Å². The minimum atomic E-state index is -0.00325. The van der Waals surface area contributed by atoms with Crippen LogP contribution in [0.25, 0.3) is 28.3 Å². The van der Waals surface area contributed by atoms with Crippen molar-refractivity contribution in [1.29, 1.82) is 0 Å². The fraction of sp³-hybridized carbons (Fsp3) is 0.182. The molecule has 0 N–H and O–H groups in total. The average molecular weight is 385 g/mol. The van der Waals surface area contributed by atoms with E-state index < -0.39 is 0 Å². The van der Waals surface area contributed by atoms with E-state index in [1.807, 2.05) is 53.9 Å². The first kappa shape index (κ1) is 17.4. The van der Waals surface area contributed by atoms with Crippen LogP contribution in [0.3, 0.4) is 0 Å². The van der Waals surface area contributed by atoms with E-state index in [2.05, 4.69) is 9.97 Å². The van der Waals surface area contributed by atoms with Gasteiger partial charge in [0.1, 0.15) is 12.4 Å². The Morgan fingerprint density at radius 1 is 1.10 bits per heavy atom. The number of amides is 1. The second-order valence-electron chi connectivity index (χ2n) is 6.99. The summed E-state index contributed by atoms with van der Waals surface area (Å²) in [6, 6.07) is 11.7. The summed E-state index contributed by atoms with van der Waals surface area (Å²) in [5.74, 6) is 1.32. The standard InChI is InChI=1S/C22H19N5O2/c1-14-12-16(6-8-23-14)20-21(27-9-3-7-24-22(27)25-20)17-4-5-19-18(13-17)26(15(2)28)10-11-29-19/h3-9,12-13H,10-11H2,1-2H3. The number of carbonyl (C=O) groups excluding carboxylic acids is 1. The number of pyridine rings is 1. The van der Waals surface area contributed by atoms with Gasteiger partial charge in [0.2, 0.25) is 11.7 Å². The number of anilines is 1. The summed E-state index contributed by atoms with van der Waals surface area (Å²) in [4.78, 5) is 27.4. The summed E-state index contributed by atoms with van der Waals surface area (Å²) in [5, 5.41) is 0. The number of nitrogens with zero attached hydrogens (tertiary/aromatic N) is 5. The van der Waals surface area contributed by atoms with Crippen molar-refractivity contribution < 1.29 is 9.53 Å². The minimum Gasteiger partial charge on any atom is -0.490 e. The van der Waals surface area contributed by atoms with Crippen LogP contribution in [0, 0.1) is 6.92 Å². The number of hydrogen-bond donors (Lipinski definition) is 0. The molecule has 0 atom stereocenters. The Bertz CT molecular complexity index is 1250. The predicted molar refractivity (Wildman–Crippen MR) is 110 cm³/mol. The molecule has 7 nitrogen and oxygen atoms in total. The molecule has 4 aromatic rings. The highest BCUT2D eigenvalue weighted by molar-refractivity contribution is 5.95. The summed E-state index contributed by atoms with van der Waals surface area (Å²) in [6.07, 6.45) is 5.46. The van der Waals surface area contributed by atoms with E-state index in [0.29, 0.717) is 24.7 Å². The lowest BCUT2D eigenvalue weighted by Gasteiger charge is -2.29. The number of ether oxygens (including phenoxy) is 1. The van der Waals surface area contributed by atoms with Gasteiger partial charge in [-0.05, 0) is 43.3 Å². The summed E-state index contributed by atoms with van der Waals surface area (Å²) < 4.78 is 7.72. The second-order valence-corrected chi connectivity index (χ2v) is 6.99. The molecule has 1 amide bonds. The van der Waals surface area contributed by atoms with Gasteiger partial charge in [-0.1, -0.05) is 0 Å². The van der Waals surface area contributed by atoms with Gasteiger partial charge in [0, 0.05) is 42.3 Å². The predicted octanol–water partition coefficient (Wildman–Crippen LogP) is 3.51. The number of imidazole rings is 1. The zero-order valence-electron chi connectivity index (χ0n) is 16.2. The van der Waals surface area contributed by atoms with Gasteiger partial charge in [-0.3, -0.25) is 14.2 Å². The number of hydrogen-bond acceptors (Lipinski definition) is 5. The van der Waals surface area contributed by atoms with E-state index in [1.54, 1.807) is 24.2 Å².